The van der Waals surface area contributed by atoms with Gasteiger partial charge in [0.25, 0.3) is 0 Å². The van der Waals surface area contributed by atoms with E-state index in [0.717, 1.165) is 12.1 Å². The second kappa shape index (κ2) is 8.56. The van der Waals surface area contributed by atoms with Crippen LogP contribution >= 0.6 is 11.6 Å². The smallest absolute Gasteiger partial charge is 0.131 e. The highest BCUT2D eigenvalue weighted by Crippen LogP contribution is 2.35. The zero-order valence-corrected chi connectivity index (χ0v) is 17.3. The molecule has 1 unspecified atom stereocenters. The van der Waals surface area contributed by atoms with Crippen molar-refractivity contribution in [2.24, 2.45) is 9.36 Å². The zero-order chi connectivity index (χ0) is 19.3. The van der Waals surface area contributed by atoms with Gasteiger partial charge in [0.2, 0.25) is 0 Å². The van der Waals surface area contributed by atoms with Crippen LogP contribution < -0.4 is 4.74 Å². The summed E-state index contributed by atoms with van der Waals surface area (Å²) in [6.07, 6.45) is 3.36. The molecule has 1 atom stereocenters. The molecule has 7 heteroatoms. The largest absolute Gasteiger partial charge is 0.457 e. The molecule has 0 saturated heterocycles. The molecule has 0 saturated carbocycles. The number of benzene rings is 2. The summed E-state index contributed by atoms with van der Waals surface area (Å²) in [4.78, 5) is 7.04. The Balaban J connectivity index is 2.24. The maximum Gasteiger partial charge on any atom is 0.131 e. The first-order valence-corrected chi connectivity index (χ1v) is 10.5. The first kappa shape index (κ1) is 20.3. The first-order chi connectivity index (χ1) is 12.3. The van der Waals surface area contributed by atoms with E-state index in [1.54, 1.807) is 50.0 Å². The number of aryl methyl sites for hydroxylation is 1. The van der Waals surface area contributed by atoms with Crippen LogP contribution in [-0.2, 0) is 9.73 Å². The summed E-state index contributed by atoms with van der Waals surface area (Å²) >= 11 is 6.34. The van der Waals surface area contributed by atoms with E-state index in [9.17, 15) is 4.21 Å². The Hall–Kier alpha value is -2.05. The quantitative estimate of drug-likeness (QED) is 0.504. The van der Waals surface area contributed by atoms with Crippen molar-refractivity contribution in [3.63, 3.8) is 0 Å². The van der Waals surface area contributed by atoms with Gasteiger partial charge in [-0.05, 0) is 49.7 Å². The van der Waals surface area contributed by atoms with Gasteiger partial charge < -0.3 is 9.64 Å². The normalized spacial score (nSPS) is 13.5. The molecule has 0 fully saturated rings. The first-order valence-electron chi connectivity index (χ1n) is 8.19. The van der Waals surface area contributed by atoms with E-state index in [1.165, 1.54) is 0 Å². The summed E-state index contributed by atoms with van der Waals surface area (Å²) < 4.78 is 22.1. The second-order valence-corrected chi connectivity index (χ2v) is 8.79. The van der Waals surface area contributed by atoms with E-state index in [4.69, 9.17) is 16.3 Å². The summed E-state index contributed by atoms with van der Waals surface area (Å²) in [6.45, 7) is 4.86. The third-order valence-corrected chi connectivity index (χ3v) is 6.12. The third-order valence-electron chi connectivity index (χ3n) is 3.97. The molecular weight excluding hydrogens is 370 g/mol. The highest BCUT2D eigenvalue weighted by Gasteiger charge is 2.09. The summed E-state index contributed by atoms with van der Waals surface area (Å²) in [6, 6.07) is 10.7. The third kappa shape index (κ3) is 4.99. The van der Waals surface area contributed by atoms with E-state index in [0.29, 0.717) is 27.1 Å². The predicted octanol–water partition coefficient (Wildman–Crippen LogP) is 5.14. The molecule has 0 aliphatic heterocycles. The van der Waals surface area contributed by atoms with Crippen molar-refractivity contribution in [1.29, 1.82) is 0 Å². The lowest BCUT2D eigenvalue weighted by Gasteiger charge is -2.12. The number of aliphatic imine (C=N–C) groups is 1. The van der Waals surface area contributed by atoms with Crippen LogP contribution in [0.4, 0.5) is 5.69 Å². The van der Waals surface area contributed by atoms with Crippen molar-refractivity contribution in [3.05, 3.63) is 47.0 Å². The van der Waals surface area contributed by atoms with Crippen molar-refractivity contribution in [1.82, 2.24) is 4.90 Å². The highest BCUT2D eigenvalue weighted by atomic mass is 35.5. The summed E-state index contributed by atoms with van der Waals surface area (Å²) in [5, 5.41) is 0.518. The zero-order valence-electron chi connectivity index (χ0n) is 15.7. The van der Waals surface area contributed by atoms with Crippen LogP contribution in [0.15, 0.2) is 50.6 Å². The fourth-order valence-corrected chi connectivity index (χ4v) is 3.15. The number of nitrogens with zero attached hydrogens (tertiary/aromatic N) is 3. The van der Waals surface area contributed by atoms with Crippen molar-refractivity contribution < 1.29 is 8.95 Å². The molecule has 5 nitrogen and oxygen atoms in total. The van der Waals surface area contributed by atoms with E-state index in [2.05, 4.69) is 9.36 Å². The molecule has 2 aromatic rings. The van der Waals surface area contributed by atoms with Gasteiger partial charge in [-0.1, -0.05) is 11.6 Å². The van der Waals surface area contributed by atoms with Crippen LogP contribution in [0.2, 0.25) is 5.02 Å². The monoisotopic (exact) mass is 393 g/mol. The minimum atomic E-state index is -2.35. The molecule has 0 amide bonds. The molecule has 0 bridgehead atoms. The SMILES string of the molecule is CCN(C)C=Nc1cc(C)c(Oc2ccc(S(C)(=O)=NC)cc2)cc1Cl. The average molecular weight is 394 g/mol. The molecule has 0 aliphatic rings. The van der Waals surface area contributed by atoms with Crippen LogP contribution in [0.3, 0.4) is 0 Å². The molecule has 0 heterocycles. The van der Waals surface area contributed by atoms with Crippen LogP contribution in [-0.4, -0.2) is 42.3 Å². The van der Waals surface area contributed by atoms with E-state index >= 15 is 0 Å². The van der Waals surface area contributed by atoms with Gasteiger partial charge in [0.1, 0.15) is 11.5 Å². The fraction of sp³-hybridized carbons (Fsp3) is 0.316. The number of rotatable bonds is 6. The van der Waals surface area contributed by atoms with E-state index < -0.39 is 9.73 Å². The van der Waals surface area contributed by atoms with Crippen LogP contribution in [0.1, 0.15) is 12.5 Å². The molecule has 140 valence electrons. The maximum atomic E-state index is 12.3. The van der Waals surface area contributed by atoms with Crippen molar-refractivity contribution in [3.8, 4) is 11.5 Å². The summed E-state index contributed by atoms with van der Waals surface area (Å²) in [5.74, 6) is 1.30. The highest BCUT2D eigenvalue weighted by molar-refractivity contribution is 7.93. The molecule has 0 radical (unpaired) electrons. The average Bonchev–Trinajstić information content (AvgIpc) is 2.63. The Labute approximate surface area is 160 Å². The van der Waals surface area contributed by atoms with Gasteiger partial charge in [-0.25, -0.2) is 13.6 Å². The lowest BCUT2D eigenvalue weighted by atomic mass is 10.2. The Morgan fingerprint density at radius 1 is 1.27 bits per heavy atom. The lowest BCUT2D eigenvalue weighted by Crippen LogP contribution is -2.14. The molecule has 0 spiro atoms. The fourth-order valence-electron chi connectivity index (χ4n) is 2.09. The molecule has 2 rings (SSSR count). The lowest BCUT2D eigenvalue weighted by molar-refractivity contribution is 0.478. The second-order valence-electron chi connectivity index (χ2n) is 5.95. The Morgan fingerprint density at radius 3 is 2.50 bits per heavy atom. The van der Waals surface area contributed by atoms with E-state index in [1.807, 2.05) is 31.9 Å². The van der Waals surface area contributed by atoms with Gasteiger partial charge in [-0.15, -0.1) is 0 Å². The number of hydrogen-bond acceptors (Lipinski definition) is 4. The van der Waals surface area contributed by atoms with Gasteiger partial charge in [0.05, 0.1) is 26.8 Å². The van der Waals surface area contributed by atoms with Gasteiger partial charge >= 0.3 is 0 Å². The minimum absolute atomic E-state index is 0.518. The number of halogens is 1. The van der Waals surface area contributed by atoms with Crippen LogP contribution in [0.25, 0.3) is 0 Å². The van der Waals surface area contributed by atoms with Gasteiger partial charge in [0, 0.05) is 37.9 Å². The molecule has 0 aliphatic carbocycles. The van der Waals surface area contributed by atoms with Gasteiger partial charge in [-0.2, -0.15) is 0 Å². The summed E-state index contributed by atoms with van der Waals surface area (Å²) in [5.41, 5.74) is 1.62. The molecule has 26 heavy (non-hydrogen) atoms. The predicted molar refractivity (Wildman–Crippen MR) is 110 cm³/mol. The number of hydrogen-bond donors (Lipinski definition) is 0. The molecular formula is C19H24ClN3O2S. The van der Waals surface area contributed by atoms with Crippen LogP contribution in [0.5, 0.6) is 11.5 Å². The Kier molecular flexibility index (Phi) is 6.67. The topological polar surface area (TPSA) is 54.3 Å². The minimum Gasteiger partial charge on any atom is -0.457 e. The maximum absolute atomic E-state index is 12.3. The summed E-state index contributed by atoms with van der Waals surface area (Å²) in [7, 11) is 1.16. The number of ether oxygens (including phenoxy) is 1. The van der Waals surface area contributed by atoms with Crippen molar-refractivity contribution in [2.75, 3.05) is 26.9 Å². The Bertz CT molecular complexity index is 917. The van der Waals surface area contributed by atoms with Crippen LogP contribution in [0, 0.1) is 6.92 Å². The van der Waals surface area contributed by atoms with Crippen molar-refractivity contribution >= 4 is 33.4 Å². The van der Waals surface area contributed by atoms with E-state index in [-0.39, 0.29) is 0 Å². The standard InChI is InChI=1S/C19H24ClN3O2S/c1-6-23(4)13-22-18-11-14(2)19(12-17(18)20)25-15-7-9-16(10-8-15)26(5,24)21-3/h7-13H,6H2,1-5H3. The Morgan fingerprint density at radius 2 is 1.92 bits per heavy atom. The van der Waals surface area contributed by atoms with Gasteiger partial charge in [-0.3, -0.25) is 0 Å². The molecule has 0 aromatic heterocycles. The molecule has 2 aromatic carbocycles. The van der Waals surface area contributed by atoms with Crippen molar-refractivity contribution in [2.45, 2.75) is 18.7 Å². The van der Waals surface area contributed by atoms with Gasteiger partial charge in [0.15, 0.2) is 0 Å². The molecule has 0 N–H and O–H groups in total.